The van der Waals surface area contributed by atoms with Crippen LogP contribution in [0.1, 0.15) is 21.7 Å². The van der Waals surface area contributed by atoms with Crippen LogP contribution in [0.3, 0.4) is 0 Å². The van der Waals surface area contributed by atoms with Gasteiger partial charge in [0.2, 0.25) is 0 Å². The molecule has 0 unspecified atom stereocenters. The van der Waals surface area contributed by atoms with Gasteiger partial charge in [0, 0.05) is 41.3 Å². The lowest BCUT2D eigenvalue weighted by Crippen LogP contribution is -2.39. The number of hydrogen-bond acceptors (Lipinski definition) is 6. The summed E-state index contributed by atoms with van der Waals surface area (Å²) in [6.45, 7) is 6.83. The molecule has 0 radical (unpaired) electrons. The van der Waals surface area contributed by atoms with Crippen molar-refractivity contribution in [2.75, 3.05) is 44.3 Å². The van der Waals surface area contributed by atoms with Crippen LogP contribution < -0.4 is 4.90 Å². The Morgan fingerprint density at radius 1 is 1.15 bits per heavy atom. The molecule has 0 atom stereocenters. The molecular weight excluding hydrogens is 533 g/mol. The van der Waals surface area contributed by atoms with Crippen LogP contribution in [-0.2, 0) is 4.74 Å². The van der Waals surface area contributed by atoms with Crippen molar-refractivity contribution in [3.8, 4) is 0 Å². The molecule has 1 saturated heterocycles. The van der Waals surface area contributed by atoms with E-state index in [9.17, 15) is 4.79 Å². The van der Waals surface area contributed by atoms with Crippen molar-refractivity contribution < 1.29 is 9.53 Å². The lowest BCUT2D eigenvalue weighted by atomic mass is 10.2. The molecule has 0 spiro atoms. The molecule has 1 fully saturated rings. The number of carbonyl (C=O) groups excluding carboxylic acids is 1. The van der Waals surface area contributed by atoms with Crippen molar-refractivity contribution in [1.82, 2.24) is 9.88 Å². The number of anilines is 1. The molecule has 1 aliphatic rings. The van der Waals surface area contributed by atoms with E-state index < -0.39 is 0 Å². The third kappa shape index (κ3) is 5.21. The van der Waals surface area contributed by atoms with Crippen LogP contribution in [0.4, 0.5) is 5.13 Å². The van der Waals surface area contributed by atoms with E-state index in [1.807, 2.05) is 43.3 Å². The summed E-state index contributed by atoms with van der Waals surface area (Å²) < 4.78 is 7.43. The topological polar surface area (TPSA) is 45.7 Å². The first-order chi connectivity index (χ1) is 16.0. The Morgan fingerprint density at radius 3 is 2.68 bits per heavy atom. The Kier molecular flexibility index (Phi) is 8.36. The Hall–Kier alpha value is -1.45. The molecule has 2 aromatic carbocycles. The van der Waals surface area contributed by atoms with Crippen molar-refractivity contribution >= 4 is 89.6 Å². The normalized spacial score (nSPS) is 14.4. The number of thiazole rings is 1. The van der Waals surface area contributed by atoms with Crippen LogP contribution in [0.5, 0.6) is 0 Å². The monoisotopic (exact) mass is 555 g/mol. The lowest BCUT2D eigenvalue weighted by Gasteiger charge is -2.27. The largest absolute Gasteiger partial charge is 0.379 e. The first-order valence-corrected chi connectivity index (χ1v) is 13.3. The molecule has 4 aromatic rings. The lowest BCUT2D eigenvalue weighted by molar-refractivity contribution is 0.0376. The predicted molar refractivity (Wildman–Crippen MR) is 147 cm³/mol. The van der Waals surface area contributed by atoms with Crippen LogP contribution in [0.2, 0.25) is 10.0 Å². The molecule has 10 heteroatoms. The Bertz CT molecular complexity index is 1320. The summed E-state index contributed by atoms with van der Waals surface area (Å²) in [5.74, 6) is -0.106. The first-order valence-electron chi connectivity index (χ1n) is 10.9. The zero-order valence-electron chi connectivity index (χ0n) is 18.6. The number of hydrogen-bond donors (Lipinski definition) is 0. The van der Waals surface area contributed by atoms with Gasteiger partial charge in [0.15, 0.2) is 5.13 Å². The smallest absolute Gasteiger partial charge is 0.271 e. The molecule has 1 aliphatic heterocycles. The van der Waals surface area contributed by atoms with E-state index in [-0.39, 0.29) is 18.3 Å². The van der Waals surface area contributed by atoms with Gasteiger partial charge in [0.25, 0.3) is 5.91 Å². The summed E-state index contributed by atoms with van der Waals surface area (Å²) in [5.41, 5.74) is 1.88. The molecule has 0 aliphatic carbocycles. The fourth-order valence-electron chi connectivity index (χ4n) is 4.09. The SMILES string of the molecule is Cc1cc(Cl)cc2sc(N(CCCN3CCOCC3)C(=O)c3sc4ccccc4c3Cl)nc12.Cl. The number of amides is 1. The maximum Gasteiger partial charge on any atom is 0.271 e. The van der Waals surface area contributed by atoms with Crippen molar-refractivity contribution in [2.45, 2.75) is 13.3 Å². The van der Waals surface area contributed by atoms with Gasteiger partial charge in [-0.2, -0.15) is 0 Å². The van der Waals surface area contributed by atoms with E-state index in [0.717, 1.165) is 65.1 Å². The van der Waals surface area contributed by atoms with Crippen molar-refractivity contribution in [2.24, 2.45) is 0 Å². The Labute approximate surface area is 222 Å². The Balaban J connectivity index is 0.00000274. The zero-order valence-corrected chi connectivity index (χ0v) is 22.5. The van der Waals surface area contributed by atoms with Gasteiger partial charge in [-0.05, 0) is 37.1 Å². The number of thiophene rings is 1. The zero-order chi connectivity index (χ0) is 22.9. The second-order valence-corrected chi connectivity index (χ2v) is 10.9. The highest BCUT2D eigenvalue weighted by atomic mass is 35.5. The van der Waals surface area contributed by atoms with Gasteiger partial charge in [0.1, 0.15) is 4.88 Å². The number of benzene rings is 2. The predicted octanol–water partition coefficient (Wildman–Crippen LogP) is 6.92. The van der Waals surface area contributed by atoms with Crippen LogP contribution in [-0.4, -0.2) is 55.2 Å². The van der Waals surface area contributed by atoms with Gasteiger partial charge in [-0.1, -0.05) is 52.7 Å². The van der Waals surface area contributed by atoms with Gasteiger partial charge in [-0.15, -0.1) is 23.7 Å². The first kappa shape index (κ1) is 25.6. The highest BCUT2D eigenvalue weighted by Gasteiger charge is 2.26. The van der Waals surface area contributed by atoms with E-state index in [4.69, 9.17) is 32.9 Å². The average Bonchev–Trinajstić information content (AvgIpc) is 3.39. The number of rotatable bonds is 6. The molecule has 5 nitrogen and oxygen atoms in total. The van der Waals surface area contributed by atoms with E-state index in [1.165, 1.54) is 22.7 Å². The van der Waals surface area contributed by atoms with Crippen LogP contribution in [0.25, 0.3) is 20.3 Å². The van der Waals surface area contributed by atoms with Gasteiger partial charge < -0.3 is 4.74 Å². The van der Waals surface area contributed by atoms with Crippen molar-refractivity contribution in [1.29, 1.82) is 0 Å². The minimum absolute atomic E-state index is 0. The van der Waals surface area contributed by atoms with Gasteiger partial charge in [-0.25, -0.2) is 4.98 Å². The maximum atomic E-state index is 13.8. The van der Waals surface area contributed by atoms with Gasteiger partial charge in [-0.3, -0.25) is 14.6 Å². The molecule has 3 heterocycles. The third-order valence-electron chi connectivity index (χ3n) is 5.80. The standard InChI is InChI=1S/C24H23Cl2N3O2S2.ClH/c1-15-13-16(25)14-19-21(15)27-24(33-19)29(8-4-7-28-9-11-31-12-10-28)23(30)22-20(26)17-5-2-3-6-18(17)32-22;/h2-3,5-6,13-14H,4,7-12H2,1H3;1H. The number of morpholine rings is 1. The second kappa shape index (κ2) is 11.1. The number of nitrogens with zero attached hydrogens (tertiary/aromatic N) is 3. The summed E-state index contributed by atoms with van der Waals surface area (Å²) in [6, 6.07) is 11.7. The second-order valence-electron chi connectivity index (χ2n) is 8.07. The maximum absolute atomic E-state index is 13.8. The number of fused-ring (bicyclic) bond motifs is 2. The summed E-state index contributed by atoms with van der Waals surface area (Å²) in [4.78, 5) is 23.4. The van der Waals surface area contributed by atoms with Crippen LogP contribution in [0, 0.1) is 6.92 Å². The number of aromatic nitrogens is 1. The van der Waals surface area contributed by atoms with Crippen molar-refractivity contribution in [3.63, 3.8) is 0 Å². The quantitative estimate of drug-likeness (QED) is 0.259. The fraction of sp³-hybridized carbons (Fsp3) is 0.333. The number of ether oxygens (including phenoxy) is 1. The average molecular weight is 557 g/mol. The highest BCUT2D eigenvalue weighted by Crippen LogP contribution is 2.38. The molecule has 180 valence electrons. The molecule has 34 heavy (non-hydrogen) atoms. The van der Waals surface area contributed by atoms with Crippen molar-refractivity contribution in [3.05, 3.63) is 56.9 Å². The number of carbonyl (C=O) groups is 1. The summed E-state index contributed by atoms with van der Waals surface area (Å²) in [7, 11) is 0. The minimum Gasteiger partial charge on any atom is -0.379 e. The van der Waals surface area contributed by atoms with E-state index in [2.05, 4.69) is 4.90 Å². The molecular formula is C24H24Cl3N3O2S2. The third-order valence-corrected chi connectivity index (χ3v) is 8.71. The molecule has 1 amide bonds. The number of aryl methyl sites for hydroxylation is 1. The Morgan fingerprint density at radius 2 is 1.91 bits per heavy atom. The summed E-state index contributed by atoms with van der Waals surface area (Å²) in [6.07, 6.45) is 0.837. The molecule has 0 N–H and O–H groups in total. The van der Waals surface area contributed by atoms with E-state index in [0.29, 0.717) is 26.6 Å². The summed E-state index contributed by atoms with van der Waals surface area (Å²) >= 11 is 15.9. The van der Waals surface area contributed by atoms with Gasteiger partial charge in [0.05, 0.1) is 28.5 Å². The fourth-order valence-corrected chi connectivity index (χ4v) is 7.00. The minimum atomic E-state index is -0.106. The van der Waals surface area contributed by atoms with Crippen LogP contribution in [0.15, 0.2) is 36.4 Å². The number of halogens is 3. The molecule has 0 saturated carbocycles. The van der Waals surface area contributed by atoms with E-state index in [1.54, 1.807) is 4.90 Å². The van der Waals surface area contributed by atoms with E-state index >= 15 is 0 Å². The van der Waals surface area contributed by atoms with Gasteiger partial charge >= 0.3 is 0 Å². The highest BCUT2D eigenvalue weighted by molar-refractivity contribution is 7.23. The molecule has 5 rings (SSSR count). The molecule has 0 bridgehead atoms. The van der Waals surface area contributed by atoms with Crippen LogP contribution >= 0.6 is 58.3 Å². The summed E-state index contributed by atoms with van der Waals surface area (Å²) in [5, 5.41) is 2.77. The molecule has 2 aromatic heterocycles.